The van der Waals surface area contributed by atoms with E-state index in [9.17, 15) is 0 Å². The molecule has 0 amide bonds. The highest BCUT2D eigenvalue weighted by Crippen LogP contribution is 2.10. The van der Waals surface area contributed by atoms with E-state index >= 15 is 0 Å². The molecule has 1 heterocycles. The molecule has 3 heteroatoms. The zero-order valence-corrected chi connectivity index (χ0v) is 11.5. The number of rotatable bonds is 9. The molecule has 0 aliphatic carbocycles. The highest BCUT2D eigenvalue weighted by atomic mass is 16.3. The fraction of sp³-hybridized carbons (Fsp3) is 0.600. The first-order valence-corrected chi connectivity index (χ1v) is 6.73. The van der Waals surface area contributed by atoms with Crippen molar-refractivity contribution in [1.29, 1.82) is 0 Å². The summed E-state index contributed by atoms with van der Waals surface area (Å²) in [7, 11) is 0. The van der Waals surface area contributed by atoms with Crippen LogP contribution in [-0.4, -0.2) is 24.5 Å². The summed E-state index contributed by atoms with van der Waals surface area (Å²) in [6.45, 7) is 8.72. The fourth-order valence-corrected chi connectivity index (χ4v) is 1.89. The Morgan fingerprint density at radius 2 is 2.22 bits per heavy atom. The van der Waals surface area contributed by atoms with Gasteiger partial charge in [-0.15, -0.1) is 6.42 Å². The summed E-state index contributed by atoms with van der Waals surface area (Å²) in [5, 5.41) is 3.36. The molecule has 0 radical (unpaired) electrons. The third-order valence-electron chi connectivity index (χ3n) is 2.70. The molecule has 0 saturated carbocycles. The van der Waals surface area contributed by atoms with Gasteiger partial charge in [0, 0.05) is 12.1 Å². The second kappa shape index (κ2) is 8.79. The second-order valence-corrected chi connectivity index (χ2v) is 4.51. The molecule has 18 heavy (non-hydrogen) atoms. The van der Waals surface area contributed by atoms with E-state index in [1.54, 1.807) is 0 Å². The van der Waals surface area contributed by atoms with Crippen molar-refractivity contribution < 1.29 is 4.42 Å². The molecule has 0 unspecified atom stereocenters. The number of hydrogen-bond donors (Lipinski definition) is 1. The minimum Gasteiger partial charge on any atom is -0.468 e. The monoisotopic (exact) mass is 248 g/mol. The molecule has 0 saturated heterocycles. The fourth-order valence-electron chi connectivity index (χ4n) is 1.89. The molecule has 100 valence electrons. The molecule has 0 bridgehead atoms. The molecule has 0 spiro atoms. The number of hydrogen-bond acceptors (Lipinski definition) is 3. The standard InChI is InChI=1S/C15H24N2O/c1-4-7-16-11-14-10-15(18-13-14)12-17(8-5-2)9-6-3/h2,10,13,16H,4,6-9,11-12H2,1,3H3. The highest BCUT2D eigenvalue weighted by Gasteiger charge is 2.07. The molecule has 0 atom stereocenters. The molecule has 1 rings (SSSR count). The van der Waals surface area contributed by atoms with Crippen molar-refractivity contribution in [3.63, 3.8) is 0 Å². The van der Waals surface area contributed by atoms with Crippen LogP contribution in [0.25, 0.3) is 0 Å². The van der Waals surface area contributed by atoms with Gasteiger partial charge in [-0.05, 0) is 32.0 Å². The summed E-state index contributed by atoms with van der Waals surface area (Å²) in [4.78, 5) is 2.22. The van der Waals surface area contributed by atoms with Gasteiger partial charge >= 0.3 is 0 Å². The van der Waals surface area contributed by atoms with E-state index in [1.807, 2.05) is 6.26 Å². The van der Waals surface area contributed by atoms with Gasteiger partial charge in [0.05, 0.1) is 19.4 Å². The number of terminal acetylenes is 1. The van der Waals surface area contributed by atoms with Gasteiger partial charge in [0.1, 0.15) is 5.76 Å². The van der Waals surface area contributed by atoms with Crippen LogP contribution in [-0.2, 0) is 13.1 Å². The molecule has 0 fully saturated rings. The van der Waals surface area contributed by atoms with Crippen molar-refractivity contribution in [3.05, 3.63) is 23.7 Å². The van der Waals surface area contributed by atoms with Crippen LogP contribution in [0.3, 0.4) is 0 Å². The largest absolute Gasteiger partial charge is 0.468 e. The SMILES string of the molecule is C#CCN(CCC)Cc1cc(CNCCC)co1. The molecular formula is C15H24N2O. The quantitative estimate of drug-likeness (QED) is 0.538. The van der Waals surface area contributed by atoms with Gasteiger partial charge in [-0.2, -0.15) is 0 Å². The number of nitrogens with zero attached hydrogens (tertiary/aromatic N) is 1. The Hall–Kier alpha value is -1.24. The second-order valence-electron chi connectivity index (χ2n) is 4.51. The maximum absolute atomic E-state index is 5.57. The maximum Gasteiger partial charge on any atom is 0.118 e. The van der Waals surface area contributed by atoms with Crippen LogP contribution in [0.15, 0.2) is 16.7 Å². The van der Waals surface area contributed by atoms with Crippen molar-refractivity contribution in [2.45, 2.75) is 39.8 Å². The third kappa shape index (κ3) is 5.39. The third-order valence-corrected chi connectivity index (χ3v) is 2.70. The predicted octanol–water partition coefficient (Wildman–Crippen LogP) is 2.62. The summed E-state index contributed by atoms with van der Waals surface area (Å²) < 4.78 is 5.57. The number of nitrogens with one attached hydrogen (secondary N) is 1. The van der Waals surface area contributed by atoms with Crippen LogP contribution in [0.2, 0.25) is 0 Å². The lowest BCUT2D eigenvalue weighted by Crippen LogP contribution is -2.24. The maximum atomic E-state index is 5.57. The van der Waals surface area contributed by atoms with E-state index < -0.39 is 0 Å². The molecule has 0 aromatic carbocycles. The van der Waals surface area contributed by atoms with Crippen molar-refractivity contribution >= 4 is 0 Å². The molecule has 1 N–H and O–H groups in total. The van der Waals surface area contributed by atoms with Gasteiger partial charge in [-0.25, -0.2) is 0 Å². The molecule has 0 aliphatic rings. The van der Waals surface area contributed by atoms with E-state index in [0.717, 1.165) is 44.8 Å². The smallest absolute Gasteiger partial charge is 0.118 e. The van der Waals surface area contributed by atoms with E-state index in [2.05, 4.69) is 36.1 Å². The average molecular weight is 248 g/mol. The van der Waals surface area contributed by atoms with Crippen LogP contribution in [0.4, 0.5) is 0 Å². The summed E-state index contributed by atoms with van der Waals surface area (Å²) in [5.41, 5.74) is 1.20. The van der Waals surface area contributed by atoms with Gasteiger partial charge in [-0.3, -0.25) is 4.90 Å². The lowest BCUT2D eigenvalue weighted by molar-refractivity contribution is 0.272. The van der Waals surface area contributed by atoms with E-state index in [-0.39, 0.29) is 0 Å². The van der Waals surface area contributed by atoms with Crippen LogP contribution in [0.5, 0.6) is 0 Å². The molecule has 1 aromatic rings. The Kier molecular flexibility index (Phi) is 7.24. The van der Waals surface area contributed by atoms with Crippen molar-refractivity contribution in [2.75, 3.05) is 19.6 Å². The highest BCUT2D eigenvalue weighted by molar-refractivity contribution is 5.12. The minimum atomic E-state index is 0.679. The van der Waals surface area contributed by atoms with Gasteiger partial charge in [0.2, 0.25) is 0 Å². The first kappa shape index (κ1) is 14.8. The Morgan fingerprint density at radius 1 is 1.39 bits per heavy atom. The zero-order chi connectivity index (χ0) is 13.2. The lowest BCUT2D eigenvalue weighted by Gasteiger charge is -2.16. The molecule has 1 aromatic heterocycles. The van der Waals surface area contributed by atoms with Crippen LogP contribution >= 0.6 is 0 Å². The Bertz CT molecular complexity index is 365. The van der Waals surface area contributed by atoms with Gasteiger partial charge < -0.3 is 9.73 Å². The van der Waals surface area contributed by atoms with Gasteiger partial charge in [0.25, 0.3) is 0 Å². The average Bonchev–Trinajstić information content (AvgIpc) is 2.78. The first-order valence-electron chi connectivity index (χ1n) is 6.73. The number of furan rings is 1. The summed E-state index contributed by atoms with van der Waals surface area (Å²) in [6.07, 6.45) is 9.45. The van der Waals surface area contributed by atoms with Crippen LogP contribution in [0.1, 0.15) is 38.0 Å². The van der Waals surface area contributed by atoms with E-state index in [4.69, 9.17) is 10.8 Å². The topological polar surface area (TPSA) is 28.4 Å². The predicted molar refractivity (Wildman–Crippen MR) is 75.1 cm³/mol. The zero-order valence-electron chi connectivity index (χ0n) is 11.5. The van der Waals surface area contributed by atoms with Crippen molar-refractivity contribution in [2.24, 2.45) is 0 Å². The van der Waals surface area contributed by atoms with Crippen molar-refractivity contribution in [1.82, 2.24) is 10.2 Å². The molecular weight excluding hydrogens is 224 g/mol. The van der Waals surface area contributed by atoms with E-state index in [1.165, 1.54) is 5.56 Å². The van der Waals surface area contributed by atoms with Gasteiger partial charge in [-0.1, -0.05) is 19.8 Å². The Balaban J connectivity index is 2.43. The summed E-state index contributed by atoms with van der Waals surface area (Å²) in [5.74, 6) is 3.69. The Labute approximate surface area is 111 Å². The molecule has 3 nitrogen and oxygen atoms in total. The lowest BCUT2D eigenvalue weighted by atomic mass is 10.3. The van der Waals surface area contributed by atoms with Crippen LogP contribution < -0.4 is 5.32 Å². The minimum absolute atomic E-state index is 0.679. The Morgan fingerprint density at radius 3 is 2.89 bits per heavy atom. The van der Waals surface area contributed by atoms with E-state index in [0.29, 0.717) is 6.54 Å². The summed E-state index contributed by atoms with van der Waals surface area (Å²) in [6, 6.07) is 2.11. The molecule has 0 aliphatic heterocycles. The van der Waals surface area contributed by atoms with Gasteiger partial charge in [0.15, 0.2) is 0 Å². The summed E-state index contributed by atoms with van der Waals surface area (Å²) >= 11 is 0. The van der Waals surface area contributed by atoms with Crippen LogP contribution in [0, 0.1) is 12.3 Å². The first-order chi connectivity index (χ1) is 8.80. The normalized spacial score (nSPS) is 10.8. The van der Waals surface area contributed by atoms with Crippen molar-refractivity contribution in [3.8, 4) is 12.3 Å².